The second-order valence-corrected chi connectivity index (χ2v) is 4.17. The molecule has 15 heavy (non-hydrogen) atoms. The molecule has 2 aliphatic rings. The molecule has 1 unspecified atom stereocenters. The zero-order valence-corrected chi connectivity index (χ0v) is 8.61. The van der Waals surface area contributed by atoms with Gasteiger partial charge in [0.1, 0.15) is 6.04 Å². The molecule has 2 N–H and O–H groups in total. The van der Waals surface area contributed by atoms with Crippen molar-refractivity contribution in [1.29, 1.82) is 0 Å². The van der Waals surface area contributed by atoms with Crippen LogP contribution in [-0.2, 0) is 9.59 Å². The fourth-order valence-electron chi connectivity index (χ4n) is 2.32. The fraction of sp³-hybridized carbons (Fsp3) is 0.800. The van der Waals surface area contributed by atoms with E-state index in [-0.39, 0.29) is 30.5 Å². The maximum atomic E-state index is 12.0. The number of aliphatic hydroxyl groups excluding tert-OH is 1. The van der Waals surface area contributed by atoms with Crippen LogP contribution >= 0.6 is 0 Å². The molecule has 2 saturated heterocycles. The highest BCUT2D eigenvalue weighted by Gasteiger charge is 2.35. The third kappa shape index (κ3) is 1.97. The summed E-state index contributed by atoms with van der Waals surface area (Å²) < 4.78 is 0. The Morgan fingerprint density at radius 3 is 2.93 bits per heavy atom. The Balaban J connectivity index is 1.98. The van der Waals surface area contributed by atoms with E-state index in [1.165, 1.54) is 0 Å². The van der Waals surface area contributed by atoms with Crippen LogP contribution in [0.2, 0.25) is 0 Å². The standard InChI is InChI=1S/C10H16N2O3/c13-6-7-2-1-5-12(7)10(15)8-3-4-9(14)11-8/h7-8,13H,1-6H2,(H,11,14)/t7-,8?/m1/s1. The molecule has 0 bridgehead atoms. The van der Waals surface area contributed by atoms with Crippen molar-refractivity contribution in [3.8, 4) is 0 Å². The summed E-state index contributed by atoms with van der Waals surface area (Å²) in [5.74, 6) is -0.0782. The van der Waals surface area contributed by atoms with Gasteiger partial charge < -0.3 is 15.3 Å². The first-order valence-corrected chi connectivity index (χ1v) is 5.43. The van der Waals surface area contributed by atoms with Gasteiger partial charge in [0, 0.05) is 13.0 Å². The topological polar surface area (TPSA) is 69.6 Å². The third-order valence-electron chi connectivity index (χ3n) is 3.16. The molecule has 0 aromatic heterocycles. The largest absolute Gasteiger partial charge is 0.394 e. The number of hydrogen-bond acceptors (Lipinski definition) is 3. The van der Waals surface area contributed by atoms with E-state index in [9.17, 15) is 9.59 Å². The Morgan fingerprint density at radius 2 is 2.33 bits per heavy atom. The molecular weight excluding hydrogens is 196 g/mol. The maximum Gasteiger partial charge on any atom is 0.245 e. The summed E-state index contributed by atoms with van der Waals surface area (Å²) >= 11 is 0. The predicted octanol–water partition coefficient (Wildman–Crippen LogP) is -0.752. The van der Waals surface area contributed by atoms with Gasteiger partial charge in [0.15, 0.2) is 0 Å². The first-order chi connectivity index (χ1) is 7.22. The maximum absolute atomic E-state index is 12.0. The van der Waals surface area contributed by atoms with E-state index in [4.69, 9.17) is 5.11 Å². The molecule has 0 aromatic rings. The van der Waals surface area contributed by atoms with Crippen LogP contribution in [0.4, 0.5) is 0 Å². The molecule has 0 aromatic carbocycles. The summed E-state index contributed by atoms with van der Waals surface area (Å²) in [4.78, 5) is 24.7. The first-order valence-electron chi connectivity index (χ1n) is 5.43. The smallest absolute Gasteiger partial charge is 0.245 e. The lowest BCUT2D eigenvalue weighted by molar-refractivity contribution is -0.135. The van der Waals surface area contributed by atoms with E-state index >= 15 is 0 Å². The Kier molecular flexibility index (Phi) is 2.90. The number of likely N-dealkylation sites (tertiary alicyclic amines) is 1. The van der Waals surface area contributed by atoms with Crippen molar-refractivity contribution in [3.05, 3.63) is 0 Å². The molecule has 2 fully saturated rings. The van der Waals surface area contributed by atoms with Crippen LogP contribution in [0.15, 0.2) is 0 Å². The van der Waals surface area contributed by atoms with Crippen LogP contribution in [0.1, 0.15) is 25.7 Å². The second-order valence-electron chi connectivity index (χ2n) is 4.17. The lowest BCUT2D eigenvalue weighted by Crippen LogP contribution is -2.47. The average Bonchev–Trinajstić information content (AvgIpc) is 2.84. The minimum absolute atomic E-state index is 0.0202. The minimum atomic E-state index is -0.357. The molecule has 0 saturated carbocycles. The van der Waals surface area contributed by atoms with E-state index in [2.05, 4.69) is 5.32 Å². The number of nitrogens with zero attached hydrogens (tertiary/aromatic N) is 1. The van der Waals surface area contributed by atoms with Gasteiger partial charge in [-0.3, -0.25) is 9.59 Å². The van der Waals surface area contributed by atoms with Gasteiger partial charge >= 0.3 is 0 Å². The normalized spacial score (nSPS) is 30.7. The predicted molar refractivity (Wildman–Crippen MR) is 53.0 cm³/mol. The van der Waals surface area contributed by atoms with Gasteiger partial charge in [-0.05, 0) is 19.3 Å². The van der Waals surface area contributed by atoms with Crippen molar-refractivity contribution in [2.45, 2.75) is 37.8 Å². The van der Waals surface area contributed by atoms with Gasteiger partial charge in [0.05, 0.1) is 12.6 Å². The van der Waals surface area contributed by atoms with Crippen LogP contribution in [0.5, 0.6) is 0 Å². The third-order valence-corrected chi connectivity index (χ3v) is 3.16. The van der Waals surface area contributed by atoms with E-state index in [0.717, 1.165) is 12.8 Å². The van der Waals surface area contributed by atoms with Crippen LogP contribution in [0.25, 0.3) is 0 Å². The van der Waals surface area contributed by atoms with Crippen molar-refractivity contribution in [2.24, 2.45) is 0 Å². The number of nitrogens with one attached hydrogen (secondary N) is 1. The molecule has 0 radical (unpaired) electrons. The van der Waals surface area contributed by atoms with Crippen LogP contribution in [0, 0.1) is 0 Å². The van der Waals surface area contributed by atoms with Gasteiger partial charge in [-0.15, -0.1) is 0 Å². The monoisotopic (exact) mass is 212 g/mol. The molecule has 2 heterocycles. The molecule has 5 heteroatoms. The number of carbonyl (C=O) groups excluding carboxylic acids is 2. The molecule has 84 valence electrons. The average molecular weight is 212 g/mol. The Labute approximate surface area is 88.4 Å². The molecule has 2 aliphatic heterocycles. The molecule has 2 amide bonds. The number of rotatable bonds is 2. The first kappa shape index (κ1) is 10.4. The van der Waals surface area contributed by atoms with Gasteiger partial charge in [-0.25, -0.2) is 0 Å². The molecule has 5 nitrogen and oxygen atoms in total. The van der Waals surface area contributed by atoms with Crippen LogP contribution in [0.3, 0.4) is 0 Å². The van der Waals surface area contributed by atoms with Crippen molar-refractivity contribution >= 4 is 11.8 Å². The Hall–Kier alpha value is -1.10. The summed E-state index contributed by atoms with van der Waals surface area (Å²) in [5, 5.41) is 11.8. The lowest BCUT2D eigenvalue weighted by Gasteiger charge is -2.25. The number of aliphatic hydroxyl groups is 1. The number of carbonyl (C=O) groups is 2. The molecule has 2 atom stereocenters. The Bertz CT molecular complexity index is 280. The highest BCUT2D eigenvalue weighted by Crippen LogP contribution is 2.20. The van der Waals surface area contributed by atoms with Gasteiger partial charge in [-0.1, -0.05) is 0 Å². The van der Waals surface area contributed by atoms with Gasteiger partial charge in [0.2, 0.25) is 11.8 Å². The Morgan fingerprint density at radius 1 is 1.53 bits per heavy atom. The molecule has 0 spiro atoms. The lowest BCUT2D eigenvalue weighted by atomic mass is 10.2. The molecular formula is C10H16N2O3. The highest BCUT2D eigenvalue weighted by atomic mass is 16.3. The van der Waals surface area contributed by atoms with E-state index < -0.39 is 0 Å². The van der Waals surface area contributed by atoms with E-state index in [1.807, 2.05) is 0 Å². The molecule has 2 rings (SSSR count). The van der Waals surface area contributed by atoms with Crippen molar-refractivity contribution in [3.63, 3.8) is 0 Å². The van der Waals surface area contributed by atoms with Crippen molar-refractivity contribution in [2.75, 3.05) is 13.2 Å². The van der Waals surface area contributed by atoms with Gasteiger partial charge in [-0.2, -0.15) is 0 Å². The number of amides is 2. The van der Waals surface area contributed by atoms with Crippen LogP contribution in [-0.4, -0.2) is 47.1 Å². The fourth-order valence-corrected chi connectivity index (χ4v) is 2.32. The minimum Gasteiger partial charge on any atom is -0.394 e. The number of hydrogen-bond donors (Lipinski definition) is 2. The quantitative estimate of drug-likeness (QED) is 0.632. The summed E-state index contributed by atoms with van der Waals surface area (Å²) in [5.41, 5.74) is 0. The van der Waals surface area contributed by atoms with E-state index in [1.54, 1.807) is 4.90 Å². The summed E-state index contributed by atoms with van der Waals surface area (Å²) in [7, 11) is 0. The summed E-state index contributed by atoms with van der Waals surface area (Å²) in [6.07, 6.45) is 2.83. The van der Waals surface area contributed by atoms with Crippen molar-refractivity contribution in [1.82, 2.24) is 10.2 Å². The van der Waals surface area contributed by atoms with Gasteiger partial charge in [0.25, 0.3) is 0 Å². The van der Waals surface area contributed by atoms with E-state index in [0.29, 0.717) is 19.4 Å². The second kappa shape index (κ2) is 4.18. The zero-order valence-electron chi connectivity index (χ0n) is 8.61. The van der Waals surface area contributed by atoms with Crippen molar-refractivity contribution < 1.29 is 14.7 Å². The summed E-state index contributed by atoms with van der Waals surface area (Å²) in [6.45, 7) is 0.725. The van der Waals surface area contributed by atoms with Crippen LogP contribution < -0.4 is 5.32 Å². The highest BCUT2D eigenvalue weighted by molar-refractivity contribution is 5.91. The molecule has 0 aliphatic carbocycles. The SMILES string of the molecule is O=C1CCC(C(=O)N2CCC[C@@H]2CO)N1. The zero-order chi connectivity index (χ0) is 10.8. The summed E-state index contributed by atoms with van der Waals surface area (Å²) in [6, 6.07) is -0.403.